The molecule has 1 nitrogen and oxygen atoms in total. The zero-order valence-corrected chi connectivity index (χ0v) is 17.5. The lowest BCUT2D eigenvalue weighted by atomic mass is 9.77. The molecule has 4 atom stereocenters. The van der Waals surface area contributed by atoms with Crippen molar-refractivity contribution in [3.8, 4) is 0 Å². The maximum absolute atomic E-state index is 13.8. The monoisotopic (exact) mass is 448 g/mol. The Morgan fingerprint density at radius 2 is 1.65 bits per heavy atom. The number of rotatable bonds is 5. The summed E-state index contributed by atoms with van der Waals surface area (Å²) in [5.74, 6) is -9.67. The summed E-state index contributed by atoms with van der Waals surface area (Å²) in [6.45, 7) is 7.61. The molecule has 1 N–H and O–H groups in total. The number of aliphatic hydroxyl groups is 1. The molecule has 0 aromatic heterocycles. The maximum Gasteiger partial charge on any atom is 0.200 e. The summed E-state index contributed by atoms with van der Waals surface area (Å²) in [7, 11) is 0. The molecular weight excluding hydrogens is 430 g/mol. The Labute approximate surface area is 162 Å². The van der Waals surface area contributed by atoms with Gasteiger partial charge in [-0.1, -0.05) is 35.3 Å². The zero-order valence-electron chi connectivity index (χ0n) is 14.0. The Balaban J connectivity index is 2.16. The van der Waals surface area contributed by atoms with E-state index < -0.39 is 49.9 Å². The van der Waals surface area contributed by atoms with Gasteiger partial charge in [0.1, 0.15) is 0 Å². The second-order valence-corrected chi connectivity index (χ2v) is 16.0. The van der Waals surface area contributed by atoms with Crippen LogP contribution < -0.4 is 0 Å². The van der Waals surface area contributed by atoms with Gasteiger partial charge in [-0.25, -0.2) is 22.0 Å². The number of hydrogen-bond acceptors (Lipinski definition) is 4. The predicted molar refractivity (Wildman–Crippen MR) is 102 cm³/mol. The highest BCUT2D eigenvalue weighted by molar-refractivity contribution is 8.94. The van der Waals surface area contributed by atoms with E-state index in [-0.39, 0.29) is 5.92 Å². The van der Waals surface area contributed by atoms with Gasteiger partial charge < -0.3 is 5.11 Å². The molecule has 2 rings (SSSR count). The topological polar surface area (TPSA) is 20.2 Å². The first-order valence-electron chi connectivity index (χ1n) is 7.73. The molecule has 1 saturated carbocycles. The molecule has 0 bridgehead atoms. The van der Waals surface area contributed by atoms with E-state index in [4.69, 9.17) is 11.8 Å². The van der Waals surface area contributed by atoms with Crippen molar-refractivity contribution in [2.24, 2.45) is 5.92 Å². The van der Waals surface area contributed by atoms with Crippen LogP contribution in [0.25, 0.3) is 0 Å². The summed E-state index contributed by atoms with van der Waals surface area (Å²) in [5.41, 5.74) is 0.982. The van der Waals surface area contributed by atoms with E-state index in [0.29, 0.717) is 24.2 Å². The molecule has 10 heteroatoms. The lowest BCUT2D eigenvalue weighted by Gasteiger charge is -2.41. The molecule has 146 valence electrons. The van der Waals surface area contributed by atoms with Crippen molar-refractivity contribution in [1.29, 1.82) is 0 Å². The molecule has 1 aliphatic carbocycles. The van der Waals surface area contributed by atoms with Gasteiger partial charge in [0.2, 0.25) is 5.82 Å². The van der Waals surface area contributed by atoms with Crippen molar-refractivity contribution < 1.29 is 27.1 Å². The fourth-order valence-electron chi connectivity index (χ4n) is 2.80. The number of halogens is 5. The van der Waals surface area contributed by atoms with E-state index >= 15 is 0 Å². The Hall–Kier alpha value is -0.0800. The van der Waals surface area contributed by atoms with E-state index in [9.17, 15) is 27.1 Å². The van der Waals surface area contributed by atoms with Crippen molar-refractivity contribution in [1.82, 2.24) is 0 Å². The molecule has 0 radical (unpaired) electrons. The smallest absolute Gasteiger partial charge is 0.200 e. The lowest BCUT2D eigenvalue weighted by Crippen LogP contribution is -2.41. The maximum atomic E-state index is 13.8. The van der Waals surface area contributed by atoms with E-state index in [1.165, 1.54) is 11.4 Å². The Morgan fingerprint density at radius 3 is 2.12 bits per heavy atom. The summed E-state index contributed by atoms with van der Waals surface area (Å²) >= 11 is 6.96. The third-order valence-corrected chi connectivity index (χ3v) is 12.4. The van der Waals surface area contributed by atoms with Crippen molar-refractivity contribution in [3.63, 3.8) is 0 Å². The number of benzene rings is 1. The van der Waals surface area contributed by atoms with Gasteiger partial charge >= 0.3 is 0 Å². The summed E-state index contributed by atoms with van der Waals surface area (Å²) in [6, 6.07) is 0. The second-order valence-electron chi connectivity index (χ2n) is 6.50. The Morgan fingerprint density at radius 1 is 1.15 bits per heavy atom. The molecule has 0 spiro atoms. The standard InChI is InChI=1S/C16H18F5OPS3/c1-7(2)8-4-5-16(3,9(22)6-8)26-23(24)25-15-13(20)11(18)10(17)12(19)14(15)21/h8-9,22-23H,1,4-6H2,2-3H3/t8-,9+,16?/m1/s1. The Kier molecular flexibility index (Phi) is 7.27. The molecule has 0 aliphatic heterocycles. The average Bonchev–Trinajstić information content (AvgIpc) is 2.57. The van der Waals surface area contributed by atoms with Crippen LogP contribution >= 0.6 is 27.9 Å². The minimum Gasteiger partial charge on any atom is -0.392 e. The SMILES string of the molecule is C=C(C)[C@@H]1CCC(C)(S[PH](=S)Sc2c(F)c(F)c(F)c(F)c2F)[C@@H](O)C1. The minimum atomic E-state index is -2.18. The molecule has 2 unspecified atom stereocenters. The van der Waals surface area contributed by atoms with Crippen LogP contribution in [0.5, 0.6) is 0 Å². The third kappa shape index (κ3) is 4.49. The first-order valence-corrected chi connectivity index (χ1v) is 13.4. The minimum absolute atomic E-state index is 0.197. The quantitative estimate of drug-likeness (QED) is 0.190. The highest BCUT2D eigenvalue weighted by Gasteiger charge is 2.41. The molecule has 1 aromatic rings. The van der Waals surface area contributed by atoms with E-state index in [0.717, 1.165) is 12.0 Å². The van der Waals surface area contributed by atoms with Gasteiger partial charge in [0.15, 0.2) is 23.3 Å². The van der Waals surface area contributed by atoms with Gasteiger partial charge in [0, 0.05) is 4.75 Å². The van der Waals surface area contributed by atoms with Gasteiger partial charge in [-0.15, -0.1) is 11.4 Å². The van der Waals surface area contributed by atoms with E-state index in [2.05, 4.69) is 6.58 Å². The largest absolute Gasteiger partial charge is 0.392 e. The van der Waals surface area contributed by atoms with Gasteiger partial charge in [0.25, 0.3) is 0 Å². The molecule has 26 heavy (non-hydrogen) atoms. The van der Waals surface area contributed by atoms with Gasteiger partial charge in [0.05, 0.1) is 16.1 Å². The van der Waals surface area contributed by atoms with Crippen LogP contribution in [0.1, 0.15) is 33.1 Å². The fraction of sp³-hybridized carbons (Fsp3) is 0.500. The molecule has 0 saturated heterocycles. The van der Waals surface area contributed by atoms with E-state index in [1.54, 1.807) is 0 Å². The normalized spacial score (nSPS) is 27.4. The van der Waals surface area contributed by atoms with E-state index in [1.807, 2.05) is 13.8 Å². The van der Waals surface area contributed by atoms with Gasteiger partial charge in [-0.3, -0.25) is 0 Å². The average molecular weight is 448 g/mol. The van der Waals surface area contributed by atoms with Crippen molar-refractivity contribution in [2.75, 3.05) is 0 Å². The highest BCUT2D eigenvalue weighted by Crippen LogP contribution is 2.63. The number of allylic oxidation sites excluding steroid dienone is 1. The molecule has 1 fully saturated rings. The summed E-state index contributed by atoms with van der Waals surface area (Å²) in [5, 5.41) is 8.42. The molecular formula is C16H18F5OPS3. The highest BCUT2D eigenvalue weighted by atomic mass is 33.2. The van der Waals surface area contributed by atoms with Crippen LogP contribution in [-0.4, -0.2) is 16.0 Å². The van der Waals surface area contributed by atoms with Gasteiger partial charge in [-0.05, 0) is 39.0 Å². The summed E-state index contributed by atoms with van der Waals surface area (Å²) in [6.07, 6.45) is 1.24. The first kappa shape index (κ1) is 22.2. The molecule has 0 amide bonds. The number of aliphatic hydroxyl groups excluding tert-OH is 1. The molecule has 1 aromatic carbocycles. The van der Waals surface area contributed by atoms with Crippen molar-refractivity contribution >= 4 is 39.7 Å². The third-order valence-electron chi connectivity index (χ3n) is 4.57. The van der Waals surface area contributed by atoms with Crippen LogP contribution in [0.4, 0.5) is 22.0 Å². The van der Waals surface area contributed by atoms with Gasteiger partial charge in [-0.2, -0.15) is 0 Å². The molecule has 1 aliphatic rings. The molecule has 0 heterocycles. The van der Waals surface area contributed by atoms with Crippen LogP contribution in [0.15, 0.2) is 17.0 Å². The lowest BCUT2D eigenvalue weighted by molar-refractivity contribution is 0.0804. The fourth-order valence-corrected chi connectivity index (χ4v) is 12.5. The Bertz CT molecular complexity index is 731. The van der Waals surface area contributed by atoms with Crippen LogP contribution in [0, 0.1) is 35.0 Å². The summed E-state index contributed by atoms with van der Waals surface area (Å²) < 4.78 is 66.8. The predicted octanol–water partition coefficient (Wildman–Crippen LogP) is 6.21. The summed E-state index contributed by atoms with van der Waals surface area (Å²) in [4.78, 5) is -0.952. The first-order chi connectivity index (χ1) is 12.0. The van der Waals surface area contributed by atoms with Crippen LogP contribution in [0.2, 0.25) is 0 Å². The second kappa shape index (κ2) is 8.52. The van der Waals surface area contributed by atoms with Crippen LogP contribution in [-0.2, 0) is 11.8 Å². The van der Waals surface area contributed by atoms with Crippen molar-refractivity contribution in [3.05, 3.63) is 41.2 Å². The van der Waals surface area contributed by atoms with Crippen molar-refractivity contribution in [2.45, 2.75) is 48.9 Å². The van der Waals surface area contributed by atoms with Crippen LogP contribution in [0.3, 0.4) is 0 Å². The number of hydrogen-bond donors (Lipinski definition) is 1. The zero-order chi connectivity index (χ0) is 19.8.